The van der Waals surface area contributed by atoms with Crippen LogP contribution in [0, 0.1) is 4.91 Å². The zero-order chi connectivity index (χ0) is 22.6. The average Bonchev–Trinajstić information content (AvgIpc) is 2.68. The molecule has 1 unspecified atom stereocenters. The van der Waals surface area contributed by atoms with Gasteiger partial charge in [0.1, 0.15) is 12.2 Å². The highest BCUT2D eigenvalue weighted by Crippen LogP contribution is 2.26. The highest BCUT2D eigenvalue weighted by molar-refractivity contribution is 5.73. The van der Waals surface area contributed by atoms with Crippen LogP contribution in [0.5, 0.6) is 0 Å². The minimum absolute atomic E-state index is 0.0826. The van der Waals surface area contributed by atoms with Gasteiger partial charge in [-0.25, -0.2) is 4.79 Å². The van der Waals surface area contributed by atoms with Crippen LogP contribution in [0.4, 0.5) is 0 Å². The average molecular weight is 389 g/mol. The summed E-state index contributed by atoms with van der Waals surface area (Å²) in [6.07, 6.45) is -6.43. The molecule has 1 aromatic heterocycles. The fraction of sp³-hybridized carbons (Fsp3) is 0.625. The Morgan fingerprint density at radius 2 is 2.15 bits per heavy atom. The molecular formula is C16H24N3O8+. The van der Waals surface area contributed by atoms with Crippen LogP contribution in [-0.4, -0.2) is 74.4 Å². The summed E-state index contributed by atoms with van der Waals surface area (Å²) in [6, 6.07) is 3.03. The fourth-order valence-electron chi connectivity index (χ4n) is 2.82. The molecular weight excluding hydrogens is 362 g/mol. The van der Waals surface area contributed by atoms with Gasteiger partial charge in [-0.3, -0.25) is 5.01 Å². The molecule has 2 rings (SSSR count). The normalized spacial score (nSPS) is 31.3. The number of aliphatic hydroxyl groups is 4. The molecule has 0 aromatic carbocycles. The van der Waals surface area contributed by atoms with Crippen molar-refractivity contribution in [2.24, 2.45) is 5.29 Å². The lowest BCUT2D eigenvalue weighted by Gasteiger charge is -2.35. The number of hydrogen-bond acceptors (Lipinski definition) is 8. The molecule has 1 fully saturated rings. The van der Waals surface area contributed by atoms with Crippen molar-refractivity contribution in [1.29, 1.82) is 0 Å². The molecule has 27 heavy (non-hydrogen) atoms. The van der Waals surface area contributed by atoms with Crippen molar-refractivity contribution in [3.8, 4) is 0 Å². The highest BCUT2D eigenvalue weighted by atomic mass is 16.6. The zero-order valence-corrected chi connectivity index (χ0v) is 14.2. The second kappa shape index (κ2) is 9.15. The number of aromatic nitrogens is 1. The van der Waals surface area contributed by atoms with E-state index in [0.29, 0.717) is 10.6 Å². The lowest BCUT2D eigenvalue weighted by Crippen LogP contribution is -2.63. The Kier molecular flexibility index (Phi) is 5.75. The Morgan fingerprint density at radius 1 is 1.41 bits per heavy atom. The third-order valence-electron chi connectivity index (χ3n) is 4.30. The van der Waals surface area contributed by atoms with Gasteiger partial charge in [0.2, 0.25) is 0 Å². The van der Waals surface area contributed by atoms with Crippen LogP contribution in [0.25, 0.3) is 0 Å². The minimum Gasteiger partial charge on any atom is -0.479 e. The Labute approximate surface area is 159 Å². The smallest absolute Gasteiger partial charge is 0.335 e. The van der Waals surface area contributed by atoms with Crippen LogP contribution < -0.4 is 4.57 Å². The van der Waals surface area contributed by atoms with Gasteiger partial charge < -0.3 is 30.3 Å². The molecule has 150 valence electrons. The van der Waals surface area contributed by atoms with Crippen LogP contribution in [0.1, 0.15) is 34.8 Å². The summed E-state index contributed by atoms with van der Waals surface area (Å²) in [6.45, 7) is -2.87. The number of nitroso groups, excluding NO2 is 1. The van der Waals surface area contributed by atoms with Gasteiger partial charge in [-0.1, -0.05) is 0 Å². The molecule has 5 N–H and O–H groups in total. The van der Waals surface area contributed by atoms with Crippen LogP contribution in [0.3, 0.4) is 0 Å². The molecule has 0 amide bonds. The van der Waals surface area contributed by atoms with Crippen LogP contribution in [-0.2, 0) is 9.53 Å². The number of pyridine rings is 1. The van der Waals surface area contributed by atoms with E-state index in [4.69, 9.17) is 14.0 Å². The number of nitrogens with zero attached hydrogens (tertiary/aromatic N) is 3. The molecule has 1 saturated heterocycles. The standard InChI is InChI=1S/C16H23N3O8/c1-18(17-26)6-3-5-10(20)9-4-2-7-19(8-9)15-13(23)11(21)12(22)14(27-15)16(24)25/h2,4,7-8,10-15,20-23H,3,5-6H2,1H3/p+1/t10?,11-,12-,13+,14-,15+/m0/s1/i1D3. The van der Waals surface area contributed by atoms with Crippen molar-refractivity contribution in [3.63, 3.8) is 0 Å². The van der Waals surface area contributed by atoms with E-state index < -0.39 is 49.7 Å². The molecule has 0 spiro atoms. The summed E-state index contributed by atoms with van der Waals surface area (Å²) in [5.74, 6) is -1.52. The number of hydrogen-bond donors (Lipinski definition) is 5. The third kappa shape index (κ3) is 4.96. The number of aliphatic hydroxyl groups excluding tert-OH is 4. The molecule has 0 radical (unpaired) electrons. The van der Waals surface area contributed by atoms with E-state index in [1.807, 2.05) is 0 Å². The van der Waals surface area contributed by atoms with E-state index in [9.17, 15) is 30.1 Å². The molecule has 1 aliphatic rings. The molecule has 2 heterocycles. The number of carboxylic acid groups (broad SMARTS) is 1. The van der Waals surface area contributed by atoms with Crippen molar-refractivity contribution in [2.75, 3.05) is 13.5 Å². The van der Waals surface area contributed by atoms with E-state index in [-0.39, 0.29) is 19.4 Å². The molecule has 0 aliphatic carbocycles. The molecule has 11 heteroatoms. The van der Waals surface area contributed by atoms with Crippen molar-refractivity contribution in [1.82, 2.24) is 5.01 Å². The van der Waals surface area contributed by atoms with Gasteiger partial charge in [-0.05, 0) is 18.9 Å². The maximum absolute atomic E-state index is 11.2. The number of carbonyl (C=O) groups is 1. The first kappa shape index (κ1) is 17.0. The van der Waals surface area contributed by atoms with Gasteiger partial charge in [0.15, 0.2) is 24.6 Å². The number of carboxylic acids is 1. The lowest BCUT2D eigenvalue weighted by molar-refractivity contribution is -0.777. The van der Waals surface area contributed by atoms with Crippen LogP contribution >= 0.6 is 0 Å². The van der Waals surface area contributed by atoms with Gasteiger partial charge in [-0.15, -0.1) is 4.91 Å². The van der Waals surface area contributed by atoms with Gasteiger partial charge >= 0.3 is 5.97 Å². The van der Waals surface area contributed by atoms with Gasteiger partial charge in [0.05, 0.1) is 11.4 Å². The largest absolute Gasteiger partial charge is 0.479 e. The fourth-order valence-corrected chi connectivity index (χ4v) is 2.82. The molecule has 1 aliphatic heterocycles. The Bertz CT molecular complexity index is 753. The van der Waals surface area contributed by atoms with E-state index >= 15 is 0 Å². The highest BCUT2D eigenvalue weighted by Gasteiger charge is 2.51. The Balaban J connectivity index is 2.09. The van der Waals surface area contributed by atoms with Gasteiger partial charge in [0.25, 0.3) is 6.23 Å². The summed E-state index contributed by atoms with van der Waals surface area (Å²) < 4.78 is 28.0. The SMILES string of the molecule is [2H]C([2H])([2H])N(CCCC(O)c1ccc[n+]([C@@H]2O[C@H](C(=O)O)[C@@H](O)[C@H](O)[C@H]2O)c1)N=O. The molecule has 1 aromatic rings. The predicted octanol–water partition coefficient (Wildman–Crippen LogP) is -1.53. The van der Waals surface area contributed by atoms with Crippen molar-refractivity contribution < 1.29 is 43.7 Å². The minimum atomic E-state index is -2.68. The summed E-state index contributed by atoms with van der Waals surface area (Å²) >= 11 is 0. The van der Waals surface area contributed by atoms with Crippen LogP contribution in [0.2, 0.25) is 0 Å². The topological polar surface area (TPSA) is 164 Å². The predicted molar refractivity (Wildman–Crippen MR) is 88.8 cm³/mol. The summed E-state index contributed by atoms with van der Waals surface area (Å²) in [5, 5.41) is 52.2. The number of ether oxygens (including phenoxy) is 1. The lowest BCUT2D eigenvalue weighted by atomic mass is 9.97. The second-order valence-electron chi connectivity index (χ2n) is 6.20. The van der Waals surface area contributed by atoms with Gasteiger partial charge in [0, 0.05) is 29.3 Å². The van der Waals surface area contributed by atoms with Crippen molar-refractivity contribution in [2.45, 2.75) is 49.6 Å². The summed E-state index contributed by atoms with van der Waals surface area (Å²) in [7, 11) is 0. The molecule has 0 saturated carbocycles. The molecule has 11 nitrogen and oxygen atoms in total. The Hall–Kier alpha value is -2.18. The third-order valence-corrected chi connectivity index (χ3v) is 4.30. The molecule has 6 atom stereocenters. The number of aliphatic carboxylic acids is 1. The first-order valence-corrected chi connectivity index (χ1v) is 8.19. The number of rotatable bonds is 8. The van der Waals surface area contributed by atoms with Crippen LogP contribution in [0.15, 0.2) is 29.8 Å². The quantitative estimate of drug-likeness (QED) is 0.201. The first-order chi connectivity index (χ1) is 14.0. The van der Waals surface area contributed by atoms with E-state index in [0.717, 1.165) is 0 Å². The van der Waals surface area contributed by atoms with Crippen molar-refractivity contribution >= 4 is 5.97 Å². The van der Waals surface area contributed by atoms with Gasteiger partial charge in [-0.2, -0.15) is 4.57 Å². The second-order valence-corrected chi connectivity index (χ2v) is 6.20. The zero-order valence-electron chi connectivity index (χ0n) is 17.2. The first-order valence-electron chi connectivity index (χ1n) is 9.69. The van der Waals surface area contributed by atoms with E-state index in [2.05, 4.69) is 5.29 Å². The van der Waals surface area contributed by atoms with E-state index in [1.165, 1.54) is 29.1 Å². The summed E-state index contributed by atoms with van der Waals surface area (Å²) in [5.41, 5.74) is 0.334. The monoisotopic (exact) mass is 389 g/mol. The maximum atomic E-state index is 11.2. The summed E-state index contributed by atoms with van der Waals surface area (Å²) in [4.78, 5) is 21.8. The molecule has 0 bridgehead atoms. The van der Waals surface area contributed by atoms with E-state index in [1.54, 1.807) is 0 Å². The Morgan fingerprint density at radius 3 is 2.78 bits per heavy atom. The van der Waals surface area contributed by atoms with Crippen molar-refractivity contribution in [3.05, 3.63) is 35.0 Å². The maximum Gasteiger partial charge on any atom is 0.335 e.